The Morgan fingerprint density at radius 2 is 1.90 bits per heavy atom. The van der Waals surface area contributed by atoms with Gasteiger partial charge in [-0.05, 0) is 41.9 Å². The van der Waals surface area contributed by atoms with E-state index in [2.05, 4.69) is 72.9 Å². The topological polar surface area (TPSA) is 117 Å². The molecule has 1 fully saturated rings. The first kappa shape index (κ1) is 29.2. The molecule has 4 rings (SSSR count). The van der Waals surface area contributed by atoms with Crippen molar-refractivity contribution >= 4 is 48.7 Å². The Morgan fingerprint density at radius 3 is 2.58 bits per heavy atom. The van der Waals surface area contributed by atoms with Crippen LogP contribution in [0.1, 0.15) is 43.7 Å². The van der Waals surface area contributed by atoms with Gasteiger partial charge in [-0.25, -0.2) is 9.78 Å². The van der Waals surface area contributed by atoms with E-state index in [1.165, 1.54) is 0 Å². The van der Waals surface area contributed by atoms with Crippen molar-refractivity contribution in [3.05, 3.63) is 66.6 Å². The molecule has 3 aromatic rings. The van der Waals surface area contributed by atoms with Gasteiger partial charge < -0.3 is 25.1 Å². The summed E-state index contributed by atoms with van der Waals surface area (Å²) in [5.74, 6) is -0.331. The number of nitrogens with one attached hydrogen (secondary N) is 2. The van der Waals surface area contributed by atoms with Crippen molar-refractivity contribution in [3.8, 4) is 0 Å². The Hall–Kier alpha value is -3.76. The van der Waals surface area contributed by atoms with Gasteiger partial charge in [-0.2, -0.15) is 0 Å². The first-order valence-corrected chi connectivity index (χ1v) is 16.4. The SMILES string of the molecule is C=Cc1ccc2ccc(C(=O)Nc3cnccc3N3C[C@H](C)[C@H](O[Si](C)(C)C(C)(C)C)[C@H](NC(=O)O)C3)nc2c1. The third kappa shape index (κ3) is 6.34. The molecule has 10 heteroatoms. The van der Waals surface area contributed by atoms with Gasteiger partial charge in [0.2, 0.25) is 0 Å². The number of pyridine rings is 2. The van der Waals surface area contributed by atoms with Gasteiger partial charge in [0.15, 0.2) is 8.32 Å². The molecule has 0 radical (unpaired) electrons. The zero-order valence-electron chi connectivity index (χ0n) is 24.1. The van der Waals surface area contributed by atoms with Crippen LogP contribution in [-0.4, -0.2) is 60.6 Å². The lowest BCUT2D eigenvalue weighted by molar-refractivity contribution is 0.0722. The third-order valence-corrected chi connectivity index (χ3v) is 12.5. The Kier molecular flexibility index (Phi) is 8.32. The fourth-order valence-electron chi connectivity index (χ4n) is 4.80. The van der Waals surface area contributed by atoms with Gasteiger partial charge in [-0.3, -0.25) is 9.78 Å². The highest BCUT2D eigenvalue weighted by Gasteiger charge is 2.45. The zero-order valence-corrected chi connectivity index (χ0v) is 25.1. The van der Waals surface area contributed by atoms with Crippen LogP contribution in [0.25, 0.3) is 17.0 Å². The molecule has 3 N–H and O–H groups in total. The van der Waals surface area contributed by atoms with Crippen LogP contribution in [-0.2, 0) is 4.43 Å². The van der Waals surface area contributed by atoms with Gasteiger partial charge in [0.1, 0.15) is 5.69 Å². The number of fused-ring (bicyclic) bond motifs is 1. The smallest absolute Gasteiger partial charge is 0.405 e. The summed E-state index contributed by atoms with van der Waals surface area (Å²) in [6.45, 7) is 17.8. The van der Waals surface area contributed by atoms with Crippen LogP contribution in [0, 0.1) is 5.92 Å². The molecule has 1 aromatic carbocycles. The molecular weight excluding hydrogens is 522 g/mol. The number of piperidine rings is 1. The van der Waals surface area contributed by atoms with E-state index >= 15 is 0 Å². The number of hydrogen-bond acceptors (Lipinski definition) is 6. The quantitative estimate of drug-likeness (QED) is 0.303. The molecular formula is C30H39N5O4Si. The molecule has 3 atom stereocenters. The van der Waals surface area contributed by atoms with Crippen LogP contribution < -0.4 is 15.5 Å². The van der Waals surface area contributed by atoms with E-state index in [-0.39, 0.29) is 28.7 Å². The molecule has 212 valence electrons. The number of benzene rings is 1. The van der Waals surface area contributed by atoms with Crippen molar-refractivity contribution in [2.24, 2.45) is 5.92 Å². The summed E-state index contributed by atoms with van der Waals surface area (Å²) in [4.78, 5) is 35.9. The summed E-state index contributed by atoms with van der Waals surface area (Å²) in [5, 5.41) is 16.2. The van der Waals surface area contributed by atoms with E-state index in [1.54, 1.807) is 24.5 Å². The molecule has 9 nitrogen and oxygen atoms in total. The molecule has 0 spiro atoms. The van der Waals surface area contributed by atoms with Gasteiger partial charge in [-0.1, -0.05) is 58.5 Å². The summed E-state index contributed by atoms with van der Waals surface area (Å²) in [5.41, 5.74) is 3.19. The zero-order chi connectivity index (χ0) is 29.2. The van der Waals surface area contributed by atoms with E-state index in [0.717, 1.165) is 16.6 Å². The Labute approximate surface area is 236 Å². The second kappa shape index (κ2) is 11.4. The molecule has 3 heterocycles. The number of hydrogen-bond donors (Lipinski definition) is 3. The first-order valence-electron chi connectivity index (χ1n) is 13.5. The van der Waals surface area contributed by atoms with Crippen molar-refractivity contribution < 1.29 is 19.1 Å². The summed E-state index contributed by atoms with van der Waals surface area (Å²) in [7, 11) is -2.16. The summed E-state index contributed by atoms with van der Waals surface area (Å²) < 4.78 is 6.75. The fourth-order valence-corrected chi connectivity index (χ4v) is 6.23. The van der Waals surface area contributed by atoms with Crippen LogP contribution in [0.5, 0.6) is 0 Å². The summed E-state index contributed by atoms with van der Waals surface area (Å²) >= 11 is 0. The third-order valence-electron chi connectivity index (χ3n) is 8.00. The van der Waals surface area contributed by atoms with Gasteiger partial charge in [0.05, 0.1) is 35.2 Å². The molecule has 0 bridgehead atoms. The first-order chi connectivity index (χ1) is 18.8. The number of nitrogens with zero attached hydrogens (tertiary/aromatic N) is 3. The van der Waals surface area contributed by atoms with Crippen molar-refractivity contribution in [1.29, 1.82) is 0 Å². The van der Waals surface area contributed by atoms with Gasteiger partial charge >= 0.3 is 6.09 Å². The Morgan fingerprint density at radius 1 is 1.18 bits per heavy atom. The molecule has 40 heavy (non-hydrogen) atoms. The van der Waals surface area contributed by atoms with Crippen LogP contribution in [0.2, 0.25) is 18.1 Å². The van der Waals surface area contributed by atoms with E-state index < -0.39 is 20.5 Å². The lowest BCUT2D eigenvalue weighted by atomic mass is 9.92. The lowest BCUT2D eigenvalue weighted by Gasteiger charge is -2.48. The minimum atomic E-state index is -2.16. The number of amides is 2. The predicted molar refractivity (Wildman–Crippen MR) is 162 cm³/mol. The van der Waals surface area contributed by atoms with Gasteiger partial charge in [-0.15, -0.1) is 0 Å². The maximum absolute atomic E-state index is 13.3. The van der Waals surface area contributed by atoms with Crippen molar-refractivity contribution in [3.63, 3.8) is 0 Å². The number of aromatic nitrogens is 2. The van der Waals surface area contributed by atoms with E-state index in [1.807, 2.05) is 30.3 Å². The summed E-state index contributed by atoms with van der Waals surface area (Å²) in [6, 6.07) is 10.7. The average molecular weight is 562 g/mol. The number of carbonyl (C=O) groups excluding carboxylic acids is 1. The number of carboxylic acid groups (broad SMARTS) is 1. The van der Waals surface area contributed by atoms with Crippen LogP contribution >= 0.6 is 0 Å². The van der Waals surface area contributed by atoms with E-state index in [9.17, 15) is 14.7 Å². The van der Waals surface area contributed by atoms with Crippen LogP contribution in [0.4, 0.5) is 16.2 Å². The highest BCUT2D eigenvalue weighted by atomic mass is 28.4. The second-order valence-electron chi connectivity index (χ2n) is 12.0. The molecule has 1 aliphatic heterocycles. The molecule has 0 aliphatic carbocycles. The maximum atomic E-state index is 13.3. The molecule has 2 aromatic heterocycles. The summed E-state index contributed by atoms with van der Waals surface area (Å²) in [6.07, 6.45) is 3.65. The normalized spacial score (nSPS) is 19.8. The van der Waals surface area contributed by atoms with Gasteiger partial charge in [0, 0.05) is 30.6 Å². The number of rotatable bonds is 7. The van der Waals surface area contributed by atoms with Crippen molar-refractivity contribution in [1.82, 2.24) is 15.3 Å². The molecule has 0 unspecified atom stereocenters. The molecule has 0 saturated carbocycles. The van der Waals surface area contributed by atoms with Crippen molar-refractivity contribution in [2.45, 2.75) is 58.0 Å². The molecule has 1 saturated heterocycles. The molecule has 1 aliphatic rings. The van der Waals surface area contributed by atoms with E-state index in [4.69, 9.17) is 4.43 Å². The fraction of sp³-hybridized carbons (Fsp3) is 0.400. The van der Waals surface area contributed by atoms with Crippen LogP contribution in [0.3, 0.4) is 0 Å². The standard InChI is InChI=1S/C30H39N5O4Si/c1-8-20-9-10-21-11-12-22(32-23(21)15-20)28(36)33-24-16-31-14-13-26(24)35-17-19(2)27(25(18-35)34-29(37)38)39-40(6,7)30(3,4)5/h8-16,19,25,27,34H,1,17-18H2,2-7H3,(H,33,36)(H,37,38)/t19-,25+,27-/m0/s1. The average Bonchev–Trinajstić information content (AvgIpc) is 2.89. The predicted octanol–water partition coefficient (Wildman–Crippen LogP) is 6.01. The van der Waals surface area contributed by atoms with Gasteiger partial charge in [0.25, 0.3) is 5.91 Å². The minimum absolute atomic E-state index is 0.00969. The van der Waals surface area contributed by atoms with Crippen molar-refractivity contribution in [2.75, 3.05) is 23.3 Å². The lowest BCUT2D eigenvalue weighted by Crippen LogP contribution is -2.62. The number of carbonyl (C=O) groups is 2. The maximum Gasteiger partial charge on any atom is 0.405 e. The highest BCUT2D eigenvalue weighted by molar-refractivity contribution is 6.74. The second-order valence-corrected chi connectivity index (χ2v) is 16.7. The number of anilines is 2. The monoisotopic (exact) mass is 561 g/mol. The Bertz CT molecular complexity index is 1420. The minimum Gasteiger partial charge on any atom is -0.465 e. The largest absolute Gasteiger partial charge is 0.465 e. The molecule has 2 amide bonds. The van der Waals surface area contributed by atoms with Crippen LogP contribution in [0.15, 0.2) is 55.4 Å². The Balaban J connectivity index is 1.58. The van der Waals surface area contributed by atoms with E-state index in [0.29, 0.717) is 24.3 Å². The highest BCUT2D eigenvalue weighted by Crippen LogP contribution is 2.40.